The van der Waals surface area contributed by atoms with E-state index in [1.54, 1.807) is 0 Å². The van der Waals surface area contributed by atoms with Gasteiger partial charge in [-0.05, 0) is 41.5 Å². The molecule has 0 aliphatic carbocycles. The van der Waals surface area contributed by atoms with E-state index >= 15 is 0 Å². The van der Waals surface area contributed by atoms with Crippen LogP contribution in [0.1, 0.15) is 58.1 Å². The van der Waals surface area contributed by atoms with Gasteiger partial charge in [0.2, 0.25) is 0 Å². The zero-order valence-electron chi connectivity index (χ0n) is 16.8. The molecular weight excluding hydrogens is 336 g/mol. The molecule has 2 rings (SSSR count). The first-order valence-electron chi connectivity index (χ1n) is 9.54. The van der Waals surface area contributed by atoms with Gasteiger partial charge < -0.3 is 4.74 Å². The van der Waals surface area contributed by atoms with Crippen molar-refractivity contribution in [2.75, 3.05) is 6.61 Å². The summed E-state index contributed by atoms with van der Waals surface area (Å²) in [5, 5.41) is 4.33. The first-order chi connectivity index (χ1) is 12.9. The Morgan fingerprint density at radius 1 is 1.04 bits per heavy atom. The van der Waals surface area contributed by atoms with Crippen LogP contribution in [0.25, 0.3) is 0 Å². The molecule has 0 radical (unpaired) electrons. The second-order valence-electron chi connectivity index (χ2n) is 7.63. The number of carbonyl (C=O) groups is 1. The van der Waals surface area contributed by atoms with Crippen LogP contribution < -0.4 is 10.2 Å². The van der Waals surface area contributed by atoms with E-state index in [1.807, 2.05) is 54.6 Å². The summed E-state index contributed by atoms with van der Waals surface area (Å²) in [6.07, 6.45) is 2.93. The zero-order valence-corrected chi connectivity index (χ0v) is 16.8. The normalized spacial score (nSPS) is 11.9. The van der Waals surface area contributed by atoms with Crippen molar-refractivity contribution >= 4 is 11.6 Å². The summed E-state index contributed by atoms with van der Waals surface area (Å²) in [5.74, 6) is 0.413. The second-order valence-corrected chi connectivity index (χ2v) is 7.63. The van der Waals surface area contributed by atoms with Crippen molar-refractivity contribution in [3.8, 4) is 5.75 Å². The highest BCUT2D eigenvalue weighted by molar-refractivity contribution is 6.01. The first-order valence-corrected chi connectivity index (χ1v) is 9.54. The van der Waals surface area contributed by atoms with E-state index in [9.17, 15) is 4.79 Å². The molecule has 0 fully saturated rings. The molecule has 2 aromatic carbocycles. The van der Waals surface area contributed by atoms with Crippen LogP contribution in [0, 0.1) is 0 Å². The number of hydrogen-bond donors (Lipinski definition) is 1. The average Bonchev–Trinajstić information content (AvgIpc) is 2.67. The van der Waals surface area contributed by atoms with Gasteiger partial charge in [0.1, 0.15) is 5.75 Å². The van der Waals surface area contributed by atoms with Gasteiger partial charge in [-0.2, -0.15) is 5.10 Å². The quantitative estimate of drug-likeness (QED) is 0.523. The predicted molar refractivity (Wildman–Crippen MR) is 111 cm³/mol. The standard InChI is InChI=1S/C23H30N2O2/c1-5-6-12-21(18-10-8-7-9-11-18)24-25-22(26)17-27-20-15-13-19(14-16-20)23(2,3)4/h7-11,13-16H,5-6,12,17H2,1-4H3,(H,25,26). The maximum Gasteiger partial charge on any atom is 0.277 e. The Bertz CT molecular complexity index is 744. The molecular formula is C23H30N2O2. The van der Waals surface area contributed by atoms with E-state index in [1.165, 1.54) is 5.56 Å². The Labute approximate surface area is 162 Å². The van der Waals surface area contributed by atoms with E-state index in [0.29, 0.717) is 5.75 Å². The lowest BCUT2D eigenvalue weighted by Crippen LogP contribution is -2.26. The third-order valence-corrected chi connectivity index (χ3v) is 4.28. The van der Waals surface area contributed by atoms with Crippen LogP contribution in [0.5, 0.6) is 5.75 Å². The molecule has 144 valence electrons. The van der Waals surface area contributed by atoms with Gasteiger partial charge in [0, 0.05) is 0 Å². The van der Waals surface area contributed by atoms with Gasteiger partial charge in [0.05, 0.1) is 5.71 Å². The van der Waals surface area contributed by atoms with E-state index in [0.717, 1.165) is 30.5 Å². The number of carbonyl (C=O) groups excluding carboxylic acids is 1. The molecule has 0 unspecified atom stereocenters. The van der Waals surface area contributed by atoms with Gasteiger partial charge in [-0.15, -0.1) is 0 Å². The van der Waals surface area contributed by atoms with Gasteiger partial charge in [-0.25, -0.2) is 5.43 Å². The van der Waals surface area contributed by atoms with Crippen molar-refractivity contribution in [1.82, 2.24) is 5.43 Å². The van der Waals surface area contributed by atoms with Gasteiger partial charge in [0.25, 0.3) is 5.91 Å². The average molecular weight is 367 g/mol. The Morgan fingerprint density at radius 2 is 1.70 bits per heavy atom. The molecule has 0 aromatic heterocycles. The molecule has 2 aromatic rings. The first kappa shape index (κ1) is 20.7. The number of nitrogens with zero attached hydrogens (tertiary/aromatic N) is 1. The van der Waals surface area contributed by atoms with E-state index in [4.69, 9.17) is 4.74 Å². The maximum absolute atomic E-state index is 12.1. The summed E-state index contributed by atoms with van der Waals surface area (Å²) >= 11 is 0. The molecule has 0 heterocycles. The fourth-order valence-corrected chi connectivity index (χ4v) is 2.60. The van der Waals surface area contributed by atoms with Crippen LogP contribution >= 0.6 is 0 Å². The van der Waals surface area contributed by atoms with Gasteiger partial charge >= 0.3 is 0 Å². The number of nitrogens with one attached hydrogen (secondary N) is 1. The van der Waals surface area contributed by atoms with Gasteiger partial charge in [-0.1, -0.05) is 76.6 Å². The lowest BCUT2D eigenvalue weighted by atomic mass is 9.87. The number of amides is 1. The summed E-state index contributed by atoms with van der Waals surface area (Å²) in [4.78, 5) is 12.1. The number of unbranched alkanes of at least 4 members (excludes halogenated alkanes) is 1. The highest BCUT2D eigenvalue weighted by Gasteiger charge is 2.13. The fraction of sp³-hybridized carbons (Fsp3) is 0.391. The molecule has 0 spiro atoms. The number of rotatable bonds is 8. The number of benzene rings is 2. The minimum absolute atomic E-state index is 0.0613. The Kier molecular flexibility index (Phi) is 7.59. The molecule has 0 saturated heterocycles. The SMILES string of the molecule is CCCCC(=NNC(=O)COc1ccc(C(C)(C)C)cc1)c1ccccc1. The molecule has 4 heteroatoms. The van der Waals surface area contributed by atoms with Crippen molar-refractivity contribution in [2.45, 2.75) is 52.4 Å². The number of hydrazone groups is 1. The van der Waals surface area contributed by atoms with Crippen molar-refractivity contribution < 1.29 is 9.53 Å². The molecule has 1 N–H and O–H groups in total. The van der Waals surface area contributed by atoms with E-state index in [-0.39, 0.29) is 17.9 Å². The van der Waals surface area contributed by atoms with Gasteiger partial charge in [-0.3, -0.25) is 4.79 Å². The van der Waals surface area contributed by atoms with Gasteiger partial charge in [0.15, 0.2) is 6.61 Å². The predicted octanol–water partition coefficient (Wildman–Crippen LogP) is 5.07. The third-order valence-electron chi connectivity index (χ3n) is 4.28. The number of hydrogen-bond acceptors (Lipinski definition) is 3. The van der Waals surface area contributed by atoms with Crippen LogP contribution in [-0.2, 0) is 10.2 Å². The van der Waals surface area contributed by atoms with Crippen molar-refractivity contribution in [2.24, 2.45) is 5.10 Å². The fourth-order valence-electron chi connectivity index (χ4n) is 2.60. The Hall–Kier alpha value is -2.62. The molecule has 0 aliphatic rings. The van der Waals surface area contributed by atoms with E-state index < -0.39 is 0 Å². The van der Waals surface area contributed by atoms with Crippen molar-refractivity contribution in [3.05, 3.63) is 65.7 Å². The molecule has 0 atom stereocenters. The summed E-state index contributed by atoms with van der Waals surface area (Å²) in [5.41, 5.74) is 5.86. The largest absolute Gasteiger partial charge is 0.484 e. The van der Waals surface area contributed by atoms with Crippen LogP contribution in [-0.4, -0.2) is 18.2 Å². The lowest BCUT2D eigenvalue weighted by molar-refractivity contribution is -0.123. The third kappa shape index (κ3) is 6.89. The minimum atomic E-state index is -0.264. The molecule has 1 amide bonds. The Morgan fingerprint density at radius 3 is 2.30 bits per heavy atom. The van der Waals surface area contributed by atoms with Crippen LogP contribution in [0.15, 0.2) is 59.7 Å². The summed E-state index contributed by atoms with van der Waals surface area (Å²) in [6, 6.07) is 17.8. The summed E-state index contributed by atoms with van der Waals surface area (Å²) < 4.78 is 5.57. The molecule has 27 heavy (non-hydrogen) atoms. The maximum atomic E-state index is 12.1. The molecule has 0 aliphatic heterocycles. The lowest BCUT2D eigenvalue weighted by Gasteiger charge is -2.19. The zero-order chi connectivity index (χ0) is 19.7. The molecule has 0 bridgehead atoms. The van der Waals surface area contributed by atoms with Crippen molar-refractivity contribution in [3.63, 3.8) is 0 Å². The number of ether oxygens (including phenoxy) is 1. The topological polar surface area (TPSA) is 50.7 Å². The monoisotopic (exact) mass is 366 g/mol. The molecule has 0 saturated carbocycles. The second kappa shape index (κ2) is 9.91. The summed E-state index contributed by atoms with van der Waals surface area (Å²) in [6.45, 7) is 8.57. The Balaban J connectivity index is 1.92. The minimum Gasteiger partial charge on any atom is -0.484 e. The highest BCUT2D eigenvalue weighted by Crippen LogP contribution is 2.24. The van der Waals surface area contributed by atoms with E-state index in [2.05, 4.69) is 38.2 Å². The van der Waals surface area contributed by atoms with Crippen LogP contribution in [0.2, 0.25) is 0 Å². The highest BCUT2D eigenvalue weighted by atomic mass is 16.5. The van der Waals surface area contributed by atoms with Crippen LogP contribution in [0.4, 0.5) is 0 Å². The summed E-state index contributed by atoms with van der Waals surface area (Å²) in [7, 11) is 0. The molecule has 4 nitrogen and oxygen atoms in total. The van der Waals surface area contributed by atoms with Crippen LogP contribution in [0.3, 0.4) is 0 Å². The van der Waals surface area contributed by atoms with Crippen molar-refractivity contribution in [1.29, 1.82) is 0 Å². The smallest absolute Gasteiger partial charge is 0.277 e.